The van der Waals surface area contributed by atoms with E-state index in [-0.39, 0.29) is 35.7 Å². The highest BCUT2D eigenvalue weighted by atomic mass is 19.1. The van der Waals surface area contributed by atoms with Gasteiger partial charge < -0.3 is 14.8 Å². The summed E-state index contributed by atoms with van der Waals surface area (Å²) in [5, 5.41) is 2.94. The zero-order valence-electron chi connectivity index (χ0n) is 17.1. The molecule has 0 amide bonds. The van der Waals surface area contributed by atoms with Crippen molar-refractivity contribution in [3.05, 3.63) is 89.5 Å². The zero-order valence-corrected chi connectivity index (χ0v) is 17.1. The van der Waals surface area contributed by atoms with Crippen LogP contribution in [0.5, 0.6) is 11.5 Å². The number of hydrogen-bond acceptors (Lipinski definition) is 4. The van der Waals surface area contributed by atoms with E-state index in [9.17, 15) is 13.6 Å². The van der Waals surface area contributed by atoms with E-state index in [1.165, 1.54) is 6.07 Å². The maximum atomic E-state index is 14.6. The van der Waals surface area contributed by atoms with E-state index >= 15 is 0 Å². The fourth-order valence-corrected chi connectivity index (χ4v) is 3.57. The molecular weight excluding hydrogens is 400 g/mol. The number of halogens is 2. The Morgan fingerprint density at radius 1 is 1.00 bits per heavy atom. The number of carbonyl (C=O) groups excluding carboxylic acids is 1. The molecule has 0 radical (unpaired) electrons. The van der Waals surface area contributed by atoms with Crippen molar-refractivity contribution < 1.29 is 23.0 Å². The number of anilines is 1. The topological polar surface area (TPSA) is 47.6 Å². The van der Waals surface area contributed by atoms with Gasteiger partial charge in [-0.2, -0.15) is 0 Å². The Morgan fingerprint density at radius 3 is 2.55 bits per heavy atom. The van der Waals surface area contributed by atoms with Crippen molar-refractivity contribution in [2.45, 2.75) is 25.8 Å². The Bertz CT molecular complexity index is 1070. The molecule has 0 saturated heterocycles. The van der Waals surface area contributed by atoms with Crippen LogP contribution in [-0.4, -0.2) is 12.6 Å². The van der Waals surface area contributed by atoms with Crippen molar-refractivity contribution in [3.63, 3.8) is 0 Å². The number of rotatable bonds is 8. The average molecular weight is 423 g/mol. The molecule has 4 rings (SSSR count). The lowest BCUT2D eigenvalue weighted by molar-refractivity contribution is -0.144. The molecular formula is C25H23F2NO3. The van der Waals surface area contributed by atoms with Gasteiger partial charge in [0, 0.05) is 18.5 Å². The first-order chi connectivity index (χ1) is 15.0. The number of carbonyl (C=O) groups is 1. The third-order valence-corrected chi connectivity index (χ3v) is 5.23. The summed E-state index contributed by atoms with van der Waals surface area (Å²) in [6, 6.07) is 19.1. The van der Waals surface area contributed by atoms with Crippen molar-refractivity contribution in [2.24, 2.45) is 5.92 Å². The van der Waals surface area contributed by atoms with E-state index in [4.69, 9.17) is 9.47 Å². The molecule has 2 unspecified atom stereocenters. The van der Waals surface area contributed by atoms with Crippen LogP contribution in [0.15, 0.2) is 66.7 Å². The van der Waals surface area contributed by atoms with Crippen molar-refractivity contribution in [1.82, 2.24) is 0 Å². The van der Waals surface area contributed by atoms with Gasteiger partial charge in [0.2, 0.25) is 0 Å². The molecule has 4 nitrogen and oxygen atoms in total. The second kappa shape index (κ2) is 9.16. The molecule has 1 aliphatic carbocycles. The van der Waals surface area contributed by atoms with Crippen LogP contribution in [0.25, 0.3) is 0 Å². The summed E-state index contributed by atoms with van der Waals surface area (Å²) in [6.45, 7) is 2.30. The van der Waals surface area contributed by atoms with Crippen LogP contribution in [0.4, 0.5) is 14.5 Å². The number of hydrogen-bond donors (Lipinski definition) is 1. The molecule has 0 heterocycles. The number of ether oxygens (including phenoxy) is 2. The summed E-state index contributed by atoms with van der Waals surface area (Å²) in [5.41, 5.74) is 1.16. The first-order valence-corrected chi connectivity index (χ1v) is 10.3. The van der Waals surface area contributed by atoms with Gasteiger partial charge in [-0.25, -0.2) is 8.78 Å². The Kier molecular flexibility index (Phi) is 6.16. The Hall–Kier alpha value is -3.41. The summed E-state index contributed by atoms with van der Waals surface area (Å²) in [5.74, 6) is -0.769. The third kappa shape index (κ3) is 5.02. The van der Waals surface area contributed by atoms with Gasteiger partial charge in [0.15, 0.2) is 0 Å². The number of para-hydroxylation sites is 1. The van der Waals surface area contributed by atoms with Gasteiger partial charge in [-0.3, -0.25) is 4.79 Å². The van der Waals surface area contributed by atoms with Gasteiger partial charge in [-0.15, -0.1) is 0 Å². The van der Waals surface area contributed by atoms with Crippen molar-refractivity contribution >= 4 is 11.7 Å². The van der Waals surface area contributed by atoms with Crippen molar-refractivity contribution in [2.75, 3.05) is 11.9 Å². The van der Waals surface area contributed by atoms with Crippen molar-refractivity contribution in [3.8, 4) is 11.5 Å². The van der Waals surface area contributed by atoms with Crippen LogP contribution in [0.3, 0.4) is 0 Å². The maximum absolute atomic E-state index is 14.6. The van der Waals surface area contributed by atoms with Crippen LogP contribution in [0.2, 0.25) is 0 Å². The first kappa shape index (κ1) is 20.8. The number of benzene rings is 3. The fraction of sp³-hybridized carbons (Fsp3) is 0.240. The molecule has 0 aliphatic heterocycles. The van der Waals surface area contributed by atoms with Crippen molar-refractivity contribution in [1.29, 1.82) is 0 Å². The molecule has 3 aromatic rings. The van der Waals surface area contributed by atoms with Gasteiger partial charge in [-0.05, 0) is 54.8 Å². The van der Waals surface area contributed by atoms with Gasteiger partial charge in [0.05, 0.1) is 18.2 Å². The molecule has 6 heteroatoms. The van der Waals surface area contributed by atoms with Crippen LogP contribution < -0.4 is 10.1 Å². The standard InChI is InChI=1S/C25H23F2NO3/c1-2-30-25(29)21-12-19(21)20-13-23(27)24(14-22(20)26)28-15-16-7-6-10-18(11-16)31-17-8-4-3-5-9-17/h3-11,13-14,19,21,28H,2,12,15H2,1H3. The minimum absolute atomic E-state index is 0.0731. The second-order valence-electron chi connectivity index (χ2n) is 7.47. The zero-order chi connectivity index (χ0) is 21.8. The van der Waals surface area contributed by atoms with E-state index in [1.807, 2.05) is 54.6 Å². The highest BCUT2D eigenvalue weighted by Crippen LogP contribution is 2.49. The normalized spacial score (nSPS) is 17.1. The van der Waals surface area contributed by atoms with Crippen LogP contribution in [0.1, 0.15) is 30.4 Å². The quantitative estimate of drug-likeness (QED) is 0.449. The van der Waals surface area contributed by atoms with Crippen LogP contribution in [0, 0.1) is 17.6 Å². The van der Waals surface area contributed by atoms with Gasteiger partial charge in [0.25, 0.3) is 0 Å². The summed E-state index contributed by atoms with van der Waals surface area (Å²) in [7, 11) is 0. The summed E-state index contributed by atoms with van der Waals surface area (Å²) >= 11 is 0. The lowest BCUT2D eigenvalue weighted by Crippen LogP contribution is -2.08. The van der Waals surface area contributed by atoms with E-state index in [0.717, 1.165) is 17.4 Å². The molecule has 1 saturated carbocycles. The summed E-state index contributed by atoms with van der Waals surface area (Å²) < 4.78 is 40.0. The lowest BCUT2D eigenvalue weighted by Gasteiger charge is -2.12. The van der Waals surface area contributed by atoms with Crippen LogP contribution in [-0.2, 0) is 16.1 Å². The van der Waals surface area contributed by atoms with Gasteiger partial charge >= 0.3 is 5.97 Å². The average Bonchev–Trinajstić information content (AvgIpc) is 3.56. The molecule has 0 spiro atoms. The first-order valence-electron chi connectivity index (χ1n) is 10.3. The fourth-order valence-electron chi connectivity index (χ4n) is 3.57. The maximum Gasteiger partial charge on any atom is 0.309 e. The molecule has 0 bridgehead atoms. The van der Waals surface area contributed by atoms with E-state index in [1.54, 1.807) is 6.92 Å². The molecule has 1 fully saturated rings. The predicted molar refractivity (Wildman–Crippen MR) is 114 cm³/mol. The number of esters is 1. The van der Waals surface area contributed by atoms with Gasteiger partial charge in [0.1, 0.15) is 23.1 Å². The minimum Gasteiger partial charge on any atom is -0.466 e. The molecule has 31 heavy (non-hydrogen) atoms. The molecule has 160 valence electrons. The third-order valence-electron chi connectivity index (χ3n) is 5.23. The van der Waals surface area contributed by atoms with Gasteiger partial charge in [-0.1, -0.05) is 30.3 Å². The van der Waals surface area contributed by atoms with E-state index in [0.29, 0.717) is 18.7 Å². The smallest absolute Gasteiger partial charge is 0.309 e. The monoisotopic (exact) mass is 423 g/mol. The second-order valence-corrected chi connectivity index (χ2v) is 7.47. The van der Waals surface area contributed by atoms with E-state index < -0.39 is 11.6 Å². The predicted octanol–water partition coefficient (Wildman–Crippen LogP) is 6.04. The minimum atomic E-state index is -0.553. The van der Waals surface area contributed by atoms with E-state index in [2.05, 4.69) is 5.32 Å². The highest BCUT2D eigenvalue weighted by Gasteiger charge is 2.46. The largest absolute Gasteiger partial charge is 0.466 e. The number of nitrogens with one attached hydrogen (secondary N) is 1. The Balaban J connectivity index is 1.41. The Morgan fingerprint density at radius 2 is 1.77 bits per heavy atom. The van der Waals surface area contributed by atoms with Crippen LogP contribution >= 0.6 is 0 Å². The lowest BCUT2D eigenvalue weighted by atomic mass is 10.1. The molecule has 0 aromatic heterocycles. The Labute approximate surface area is 179 Å². The molecule has 1 N–H and O–H groups in total. The molecule has 3 aromatic carbocycles. The molecule has 1 aliphatic rings. The highest BCUT2D eigenvalue weighted by molar-refractivity contribution is 5.77. The SMILES string of the molecule is CCOC(=O)C1CC1c1cc(F)c(NCc2cccc(Oc3ccccc3)c2)cc1F. The molecule has 2 atom stereocenters. The summed E-state index contributed by atoms with van der Waals surface area (Å²) in [6.07, 6.45) is 0.482. The summed E-state index contributed by atoms with van der Waals surface area (Å²) in [4.78, 5) is 11.8.